The van der Waals surface area contributed by atoms with Crippen LogP contribution in [0.15, 0.2) is 0 Å². The average molecular weight is 481 g/mol. The van der Waals surface area contributed by atoms with Crippen molar-refractivity contribution in [2.75, 3.05) is 26.3 Å². The standard InChI is InChI=1S/C7H14N2O.C6H8O4.Pt/c8-5-7(6-9)1-3-10-4-2-7;7-4(8)6(5(9)10)2-1-3-6;/h8-9H,1-6H2;1-3H2,(H,7,8)(H,9,10);/q-2;;+2. The average Bonchev–Trinajstić information content (AvgIpc) is 2.38. The molecule has 2 rings (SSSR count). The van der Waals surface area contributed by atoms with Crippen molar-refractivity contribution in [2.45, 2.75) is 32.1 Å². The van der Waals surface area contributed by atoms with Gasteiger partial charge >= 0.3 is 33.0 Å². The zero-order chi connectivity index (χ0) is 15.2. The molecule has 4 N–H and O–H groups in total. The third-order valence-electron chi connectivity index (χ3n) is 4.33. The Morgan fingerprint density at radius 3 is 1.52 bits per heavy atom. The van der Waals surface area contributed by atoms with Crippen molar-refractivity contribution in [1.29, 1.82) is 0 Å². The summed E-state index contributed by atoms with van der Waals surface area (Å²) in [6.07, 6.45) is 3.06. The molecule has 0 aromatic carbocycles. The first kappa shape index (κ1) is 20.5. The monoisotopic (exact) mass is 481 g/mol. The van der Waals surface area contributed by atoms with E-state index in [-0.39, 0.29) is 39.3 Å². The second-order valence-electron chi connectivity index (χ2n) is 5.51. The smallest absolute Gasteiger partial charge is 0.677 e. The maximum absolute atomic E-state index is 10.4. The number of carboxylic acid groups (broad SMARTS) is 2. The van der Waals surface area contributed by atoms with Crippen LogP contribution in [0.3, 0.4) is 0 Å². The van der Waals surface area contributed by atoms with Crippen LogP contribution >= 0.6 is 0 Å². The molecule has 1 saturated heterocycles. The minimum Gasteiger partial charge on any atom is -0.677 e. The summed E-state index contributed by atoms with van der Waals surface area (Å²) in [6, 6.07) is 0. The molecule has 21 heavy (non-hydrogen) atoms. The first-order valence-corrected chi connectivity index (χ1v) is 6.76. The molecule has 0 radical (unpaired) electrons. The fourth-order valence-corrected chi connectivity index (χ4v) is 2.27. The molecule has 8 heteroatoms. The quantitative estimate of drug-likeness (QED) is 0.595. The number of hydrogen-bond donors (Lipinski definition) is 2. The van der Waals surface area contributed by atoms with Crippen LogP contribution in [-0.4, -0.2) is 48.5 Å². The van der Waals surface area contributed by atoms with E-state index in [2.05, 4.69) is 0 Å². The third-order valence-corrected chi connectivity index (χ3v) is 4.33. The molecule has 124 valence electrons. The SMILES string of the molecule is O=C(O)C1(C(=O)O)CCC1.[NH-]CC1(C[NH-])CCOCC1.[Pt+2]. The normalized spacial score (nSPS) is 21.8. The van der Waals surface area contributed by atoms with Gasteiger partial charge in [0.05, 0.1) is 0 Å². The van der Waals surface area contributed by atoms with Crippen LogP contribution in [0.2, 0.25) is 0 Å². The molecule has 7 nitrogen and oxygen atoms in total. The van der Waals surface area contributed by atoms with Gasteiger partial charge in [-0.05, 0) is 32.1 Å². The summed E-state index contributed by atoms with van der Waals surface area (Å²) in [6.45, 7) is 2.27. The molecule has 1 aliphatic carbocycles. The molecule has 0 unspecified atom stereocenters. The largest absolute Gasteiger partial charge is 2.00 e. The molecule has 1 saturated carbocycles. The van der Waals surface area contributed by atoms with Gasteiger partial charge in [0.1, 0.15) is 0 Å². The molecule has 2 fully saturated rings. The molecule has 1 heterocycles. The minimum absolute atomic E-state index is 0. The first-order valence-electron chi connectivity index (χ1n) is 6.76. The minimum atomic E-state index is -1.44. The second kappa shape index (κ2) is 8.83. The van der Waals surface area contributed by atoms with Crippen LogP contribution < -0.4 is 0 Å². The van der Waals surface area contributed by atoms with Gasteiger partial charge in [-0.2, -0.15) is 0 Å². The van der Waals surface area contributed by atoms with Crippen LogP contribution in [0.5, 0.6) is 0 Å². The summed E-state index contributed by atoms with van der Waals surface area (Å²) in [4.78, 5) is 20.7. The Labute approximate surface area is 138 Å². The number of nitrogens with one attached hydrogen (secondary N) is 2. The van der Waals surface area contributed by atoms with Gasteiger partial charge in [0.2, 0.25) is 0 Å². The topological polar surface area (TPSA) is 131 Å². The summed E-state index contributed by atoms with van der Waals surface area (Å²) in [5, 5.41) is 16.9. The van der Waals surface area contributed by atoms with E-state index < -0.39 is 17.4 Å². The Morgan fingerprint density at radius 1 is 0.952 bits per heavy atom. The van der Waals surface area contributed by atoms with Gasteiger partial charge in [-0.1, -0.05) is 5.41 Å². The van der Waals surface area contributed by atoms with Gasteiger partial charge in [-0.3, -0.25) is 9.59 Å². The van der Waals surface area contributed by atoms with Gasteiger partial charge in [0.15, 0.2) is 5.41 Å². The molecule has 0 bridgehead atoms. The van der Waals surface area contributed by atoms with Gasteiger partial charge in [-0.25, -0.2) is 0 Å². The van der Waals surface area contributed by atoms with E-state index in [1.165, 1.54) is 0 Å². The van der Waals surface area contributed by atoms with Crippen molar-refractivity contribution >= 4 is 11.9 Å². The van der Waals surface area contributed by atoms with Gasteiger partial charge in [-0.15, -0.1) is 13.1 Å². The van der Waals surface area contributed by atoms with Crippen molar-refractivity contribution in [3.05, 3.63) is 11.5 Å². The molecule has 0 aromatic heterocycles. The summed E-state index contributed by atoms with van der Waals surface area (Å²) >= 11 is 0. The summed E-state index contributed by atoms with van der Waals surface area (Å²) < 4.78 is 5.16. The first-order chi connectivity index (χ1) is 9.42. The van der Waals surface area contributed by atoms with E-state index in [0.29, 0.717) is 19.5 Å². The predicted molar refractivity (Wildman–Crippen MR) is 72.4 cm³/mol. The molecule has 2 aliphatic rings. The maximum Gasteiger partial charge on any atom is 2.00 e. The Hall–Kier alpha value is -0.492. The van der Waals surface area contributed by atoms with Crippen molar-refractivity contribution in [1.82, 2.24) is 0 Å². The zero-order valence-corrected chi connectivity index (χ0v) is 14.1. The van der Waals surface area contributed by atoms with Crippen molar-refractivity contribution < 1.29 is 45.6 Å². The van der Waals surface area contributed by atoms with E-state index in [1.807, 2.05) is 0 Å². The molecule has 0 atom stereocenters. The molecule has 1 aliphatic heterocycles. The van der Waals surface area contributed by atoms with Crippen LogP contribution in [-0.2, 0) is 35.4 Å². The molecular weight excluding hydrogens is 459 g/mol. The number of aliphatic carboxylic acids is 2. The molecule has 0 aromatic rings. The van der Waals surface area contributed by atoms with E-state index in [1.54, 1.807) is 0 Å². The fourth-order valence-electron chi connectivity index (χ4n) is 2.27. The molecule has 0 spiro atoms. The van der Waals surface area contributed by atoms with E-state index in [9.17, 15) is 9.59 Å². The second-order valence-corrected chi connectivity index (χ2v) is 5.51. The van der Waals surface area contributed by atoms with Crippen molar-refractivity contribution in [3.63, 3.8) is 0 Å². The summed E-state index contributed by atoms with van der Waals surface area (Å²) in [7, 11) is 0. The number of carboxylic acids is 2. The Kier molecular flexibility index (Phi) is 8.62. The molecule has 0 amide bonds. The Morgan fingerprint density at radius 2 is 1.38 bits per heavy atom. The number of rotatable bonds is 4. The number of ether oxygens (including phenoxy) is 1. The zero-order valence-electron chi connectivity index (χ0n) is 11.8. The van der Waals surface area contributed by atoms with Crippen LogP contribution in [0.1, 0.15) is 32.1 Å². The molecular formula is C13H22N2O5Pt. The number of carbonyl (C=O) groups is 2. The predicted octanol–water partition coefficient (Wildman–Crippen LogP) is 2.21. The van der Waals surface area contributed by atoms with E-state index >= 15 is 0 Å². The van der Waals surface area contributed by atoms with Gasteiger partial charge in [0, 0.05) is 13.2 Å². The van der Waals surface area contributed by atoms with Crippen LogP contribution in [0.4, 0.5) is 0 Å². The Balaban J connectivity index is 0.000000364. The van der Waals surface area contributed by atoms with Crippen LogP contribution in [0.25, 0.3) is 11.5 Å². The van der Waals surface area contributed by atoms with E-state index in [0.717, 1.165) is 26.1 Å². The summed E-state index contributed by atoms with van der Waals surface area (Å²) in [5.74, 6) is -2.41. The van der Waals surface area contributed by atoms with Crippen molar-refractivity contribution in [3.8, 4) is 0 Å². The van der Waals surface area contributed by atoms with Crippen LogP contribution in [0, 0.1) is 10.8 Å². The third kappa shape index (κ3) is 4.74. The maximum atomic E-state index is 10.4. The fraction of sp³-hybridized carbons (Fsp3) is 0.846. The van der Waals surface area contributed by atoms with Gasteiger partial charge < -0.3 is 26.4 Å². The summed E-state index contributed by atoms with van der Waals surface area (Å²) in [5.41, 5.74) is 13.1. The van der Waals surface area contributed by atoms with Crippen molar-refractivity contribution in [2.24, 2.45) is 10.8 Å². The Bertz CT molecular complexity index is 332. The van der Waals surface area contributed by atoms with E-state index in [4.69, 9.17) is 26.4 Å². The number of hydrogen-bond acceptors (Lipinski definition) is 3. The van der Waals surface area contributed by atoms with Gasteiger partial charge in [0.25, 0.3) is 0 Å².